The minimum Gasteiger partial charge on any atom is -0.383 e. The van der Waals surface area contributed by atoms with Crippen molar-refractivity contribution in [3.8, 4) is 5.75 Å². The molecule has 0 aromatic heterocycles. The first-order valence-electron chi connectivity index (χ1n) is 7.83. The van der Waals surface area contributed by atoms with Crippen molar-refractivity contribution in [2.75, 3.05) is 19.4 Å². The number of nitrogens with zero attached hydrogens (tertiary/aromatic N) is 1. The fourth-order valence-electron chi connectivity index (χ4n) is 2.69. The molecule has 0 radical (unpaired) electrons. The van der Waals surface area contributed by atoms with Crippen LogP contribution in [-0.4, -0.2) is 38.6 Å². The molecule has 3 rings (SSSR count). The molecule has 0 spiro atoms. The number of hydrogen-bond donors (Lipinski definition) is 0. The number of hydrogen-bond acceptors (Lipinski definition) is 5. The molecule has 7 heteroatoms. The SMILES string of the molecule is CS(=O)(=O)Oc1ccc([C@H]2CN(Cc3ccccc3)C(=O)CO2)cc1. The zero-order valence-electron chi connectivity index (χ0n) is 13.8. The lowest BCUT2D eigenvalue weighted by Crippen LogP contribution is -2.42. The van der Waals surface area contributed by atoms with Gasteiger partial charge in [-0.1, -0.05) is 42.5 Å². The van der Waals surface area contributed by atoms with Crippen molar-refractivity contribution in [3.63, 3.8) is 0 Å². The summed E-state index contributed by atoms with van der Waals surface area (Å²) < 4.78 is 32.8. The van der Waals surface area contributed by atoms with Gasteiger partial charge in [0.05, 0.1) is 12.8 Å². The van der Waals surface area contributed by atoms with Gasteiger partial charge in [0.1, 0.15) is 18.5 Å². The van der Waals surface area contributed by atoms with Crippen LogP contribution < -0.4 is 4.18 Å². The molecule has 2 aromatic carbocycles. The van der Waals surface area contributed by atoms with E-state index in [2.05, 4.69) is 0 Å². The molecule has 132 valence electrons. The first-order valence-corrected chi connectivity index (χ1v) is 9.65. The maximum Gasteiger partial charge on any atom is 0.306 e. The summed E-state index contributed by atoms with van der Waals surface area (Å²) in [7, 11) is -3.55. The topological polar surface area (TPSA) is 72.9 Å². The monoisotopic (exact) mass is 361 g/mol. The lowest BCUT2D eigenvalue weighted by atomic mass is 10.1. The molecular formula is C18H19NO5S. The van der Waals surface area contributed by atoms with Gasteiger partial charge in [-0.3, -0.25) is 4.79 Å². The molecule has 0 saturated carbocycles. The first kappa shape index (κ1) is 17.4. The highest BCUT2D eigenvalue weighted by Crippen LogP contribution is 2.26. The van der Waals surface area contributed by atoms with Crippen LogP contribution in [0.25, 0.3) is 0 Å². The van der Waals surface area contributed by atoms with Crippen molar-refractivity contribution in [2.24, 2.45) is 0 Å². The summed E-state index contributed by atoms with van der Waals surface area (Å²) in [5, 5.41) is 0. The average Bonchev–Trinajstić information content (AvgIpc) is 2.57. The Morgan fingerprint density at radius 1 is 1.12 bits per heavy atom. The van der Waals surface area contributed by atoms with Gasteiger partial charge in [0, 0.05) is 6.54 Å². The third-order valence-corrected chi connectivity index (χ3v) is 4.36. The predicted octanol–water partition coefficient (Wildman–Crippen LogP) is 2.13. The summed E-state index contributed by atoms with van der Waals surface area (Å²) in [6, 6.07) is 16.5. The Balaban J connectivity index is 1.69. The second-order valence-electron chi connectivity index (χ2n) is 5.92. The number of rotatable bonds is 5. The minimum atomic E-state index is -3.55. The highest BCUT2D eigenvalue weighted by molar-refractivity contribution is 7.86. The van der Waals surface area contributed by atoms with Crippen LogP contribution >= 0.6 is 0 Å². The van der Waals surface area contributed by atoms with E-state index in [4.69, 9.17) is 8.92 Å². The smallest absolute Gasteiger partial charge is 0.306 e. The van der Waals surface area contributed by atoms with E-state index in [1.807, 2.05) is 30.3 Å². The van der Waals surface area contributed by atoms with Crippen molar-refractivity contribution >= 4 is 16.0 Å². The number of carbonyl (C=O) groups excluding carboxylic acids is 1. The minimum absolute atomic E-state index is 0.0269. The maximum absolute atomic E-state index is 12.1. The number of morpholine rings is 1. The van der Waals surface area contributed by atoms with Crippen LogP contribution in [0.15, 0.2) is 54.6 Å². The summed E-state index contributed by atoms with van der Waals surface area (Å²) in [6.07, 6.45) is 0.742. The highest BCUT2D eigenvalue weighted by atomic mass is 32.2. The summed E-state index contributed by atoms with van der Waals surface area (Å²) in [4.78, 5) is 13.9. The van der Waals surface area contributed by atoms with Gasteiger partial charge in [0.15, 0.2) is 0 Å². The van der Waals surface area contributed by atoms with E-state index < -0.39 is 10.1 Å². The maximum atomic E-state index is 12.1. The molecule has 0 aliphatic carbocycles. The lowest BCUT2D eigenvalue weighted by Gasteiger charge is -2.33. The van der Waals surface area contributed by atoms with Crippen LogP contribution in [0.2, 0.25) is 0 Å². The van der Waals surface area contributed by atoms with E-state index >= 15 is 0 Å². The third kappa shape index (κ3) is 4.80. The Labute approximate surface area is 147 Å². The first-order chi connectivity index (χ1) is 11.9. The second-order valence-corrected chi connectivity index (χ2v) is 7.49. The largest absolute Gasteiger partial charge is 0.383 e. The van der Waals surface area contributed by atoms with E-state index in [1.54, 1.807) is 29.2 Å². The Morgan fingerprint density at radius 3 is 2.44 bits per heavy atom. The molecule has 0 N–H and O–H groups in total. The van der Waals surface area contributed by atoms with Crippen LogP contribution in [0.3, 0.4) is 0 Å². The molecule has 1 fully saturated rings. The van der Waals surface area contributed by atoms with E-state index in [0.29, 0.717) is 13.1 Å². The lowest BCUT2D eigenvalue weighted by molar-refractivity contribution is -0.150. The molecule has 1 amide bonds. The van der Waals surface area contributed by atoms with Gasteiger partial charge >= 0.3 is 10.1 Å². The van der Waals surface area contributed by atoms with Gasteiger partial charge < -0.3 is 13.8 Å². The van der Waals surface area contributed by atoms with Crippen LogP contribution in [0.5, 0.6) is 5.75 Å². The number of benzene rings is 2. The van der Waals surface area contributed by atoms with Crippen LogP contribution in [0.1, 0.15) is 17.2 Å². The van der Waals surface area contributed by atoms with Gasteiger partial charge in [0.25, 0.3) is 0 Å². The fourth-order valence-corrected chi connectivity index (χ4v) is 3.15. The highest BCUT2D eigenvalue weighted by Gasteiger charge is 2.27. The molecule has 0 unspecified atom stereocenters. The van der Waals surface area contributed by atoms with Gasteiger partial charge in [-0.15, -0.1) is 0 Å². The third-order valence-electron chi connectivity index (χ3n) is 3.86. The zero-order valence-corrected chi connectivity index (χ0v) is 14.6. The Hall–Kier alpha value is -2.38. The molecule has 2 aromatic rings. The van der Waals surface area contributed by atoms with Gasteiger partial charge in [-0.05, 0) is 23.3 Å². The van der Waals surface area contributed by atoms with E-state index in [-0.39, 0.29) is 24.4 Å². The molecule has 1 aliphatic heterocycles. The van der Waals surface area contributed by atoms with E-state index in [1.165, 1.54) is 0 Å². The number of amides is 1. The normalized spacial score (nSPS) is 18.2. The van der Waals surface area contributed by atoms with E-state index in [0.717, 1.165) is 17.4 Å². The molecule has 1 heterocycles. The van der Waals surface area contributed by atoms with Crippen LogP contribution in [-0.2, 0) is 26.2 Å². The molecule has 1 atom stereocenters. The standard InChI is InChI=1S/C18H19NO5S/c1-25(21,22)24-16-9-7-15(8-10-16)17-12-19(18(20)13-23-17)11-14-5-3-2-4-6-14/h2-10,17H,11-13H2,1H3/t17-/m1/s1. The van der Waals surface area contributed by atoms with Crippen molar-refractivity contribution < 1.29 is 22.1 Å². The van der Waals surface area contributed by atoms with Gasteiger partial charge in [0.2, 0.25) is 5.91 Å². The number of ether oxygens (including phenoxy) is 1. The summed E-state index contributed by atoms with van der Waals surface area (Å²) in [5.41, 5.74) is 1.93. The average molecular weight is 361 g/mol. The van der Waals surface area contributed by atoms with Crippen molar-refractivity contribution in [2.45, 2.75) is 12.6 Å². The van der Waals surface area contributed by atoms with Gasteiger partial charge in [-0.25, -0.2) is 0 Å². The van der Waals surface area contributed by atoms with Crippen molar-refractivity contribution in [1.29, 1.82) is 0 Å². The molecule has 1 saturated heterocycles. The Morgan fingerprint density at radius 2 is 1.80 bits per heavy atom. The second kappa shape index (κ2) is 7.25. The fraction of sp³-hybridized carbons (Fsp3) is 0.278. The molecule has 0 bridgehead atoms. The molecule has 6 nitrogen and oxygen atoms in total. The Kier molecular flexibility index (Phi) is 5.06. The number of carbonyl (C=O) groups is 1. The van der Waals surface area contributed by atoms with Gasteiger partial charge in [-0.2, -0.15) is 8.42 Å². The van der Waals surface area contributed by atoms with Crippen molar-refractivity contribution in [1.82, 2.24) is 4.90 Å². The molecule has 25 heavy (non-hydrogen) atoms. The zero-order chi connectivity index (χ0) is 17.9. The quantitative estimate of drug-likeness (QED) is 0.763. The summed E-state index contributed by atoms with van der Waals surface area (Å²) >= 11 is 0. The van der Waals surface area contributed by atoms with E-state index in [9.17, 15) is 13.2 Å². The molecule has 1 aliphatic rings. The summed E-state index contributed by atoms with van der Waals surface area (Å²) in [5.74, 6) is 0.205. The van der Waals surface area contributed by atoms with Crippen LogP contribution in [0, 0.1) is 0 Å². The summed E-state index contributed by atoms with van der Waals surface area (Å²) in [6.45, 7) is 1.01. The molecular weight excluding hydrogens is 342 g/mol. The van der Waals surface area contributed by atoms with Crippen LogP contribution in [0.4, 0.5) is 0 Å². The Bertz CT molecular complexity index is 834. The predicted molar refractivity (Wildman–Crippen MR) is 92.5 cm³/mol. The van der Waals surface area contributed by atoms with Crippen molar-refractivity contribution in [3.05, 3.63) is 65.7 Å².